The second-order valence-electron chi connectivity index (χ2n) is 4.44. The zero-order valence-electron chi connectivity index (χ0n) is 10.1. The van der Waals surface area contributed by atoms with Crippen LogP contribution in [0.4, 0.5) is 10.5 Å². The molecule has 0 heterocycles. The summed E-state index contributed by atoms with van der Waals surface area (Å²) in [4.78, 5) is 22.5. The maximum Gasteiger partial charge on any atom is 0.411 e. The molecule has 2 N–H and O–H groups in total. The van der Waals surface area contributed by atoms with E-state index in [1.807, 2.05) is 0 Å². The summed E-state index contributed by atoms with van der Waals surface area (Å²) in [6.45, 7) is 0. The molecule has 0 unspecified atom stereocenters. The molecule has 0 saturated heterocycles. The lowest BCUT2D eigenvalue weighted by atomic mass is 9.64. The largest absolute Gasteiger partial charge is 0.481 e. The summed E-state index contributed by atoms with van der Waals surface area (Å²) in [6, 6.07) is 6.93. The van der Waals surface area contributed by atoms with Crippen LogP contribution in [0.25, 0.3) is 0 Å². The Bertz CT molecular complexity index is 480. The van der Waals surface area contributed by atoms with Crippen LogP contribution in [0.1, 0.15) is 24.8 Å². The summed E-state index contributed by atoms with van der Waals surface area (Å²) in [7, 11) is 1.28. The normalized spacial score (nSPS) is 16.5. The first-order valence-corrected chi connectivity index (χ1v) is 5.77. The number of nitrogens with one attached hydrogen (secondary N) is 1. The standard InChI is InChI=1S/C13H15NO4/c1-18-12(17)14-10-5-2-4-9(8-10)13(11(15)16)6-3-7-13/h2,4-5,8H,3,6-7H2,1H3,(H,14,17)(H,15,16). The van der Waals surface area contributed by atoms with Crippen LogP contribution in [0, 0.1) is 0 Å². The lowest BCUT2D eigenvalue weighted by molar-refractivity contribution is -0.147. The number of carbonyl (C=O) groups is 2. The van der Waals surface area contributed by atoms with Crippen LogP contribution in [0.2, 0.25) is 0 Å². The number of carbonyl (C=O) groups excluding carboxylic acids is 1. The van der Waals surface area contributed by atoms with Crippen molar-refractivity contribution in [3.05, 3.63) is 29.8 Å². The zero-order valence-corrected chi connectivity index (χ0v) is 10.1. The Balaban J connectivity index is 2.26. The molecule has 1 fully saturated rings. The zero-order chi connectivity index (χ0) is 13.2. The summed E-state index contributed by atoms with van der Waals surface area (Å²) >= 11 is 0. The number of aliphatic carboxylic acids is 1. The van der Waals surface area contributed by atoms with Crippen LogP contribution in [0.3, 0.4) is 0 Å². The van der Waals surface area contributed by atoms with Crippen molar-refractivity contribution in [1.29, 1.82) is 0 Å². The Morgan fingerprint density at radius 3 is 2.61 bits per heavy atom. The predicted octanol–water partition coefficient (Wildman–Crippen LogP) is 2.37. The van der Waals surface area contributed by atoms with Gasteiger partial charge in [-0.3, -0.25) is 10.1 Å². The topological polar surface area (TPSA) is 75.6 Å². The van der Waals surface area contributed by atoms with E-state index in [4.69, 9.17) is 0 Å². The molecule has 0 spiro atoms. The van der Waals surface area contributed by atoms with E-state index in [0.717, 1.165) is 12.0 Å². The molecule has 1 aromatic carbocycles. The van der Waals surface area contributed by atoms with E-state index in [9.17, 15) is 14.7 Å². The molecular formula is C13H15NO4. The van der Waals surface area contributed by atoms with E-state index in [1.54, 1.807) is 24.3 Å². The highest BCUT2D eigenvalue weighted by Crippen LogP contribution is 2.44. The van der Waals surface area contributed by atoms with Gasteiger partial charge in [0.05, 0.1) is 12.5 Å². The Kier molecular flexibility index (Phi) is 3.23. The highest BCUT2D eigenvalue weighted by atomic mass is 16.5. The molecule has 0 atom stereocenters. The average Bonchev–Trinajstić information content (AvgIpc) is 2.27. The second kappa shape index (κ2) is 4.68. The minimum atomic E-state index is -0.802. The van der Waals surface area contributed by atoms with Crippen molar-refractivity contribution in [3.8, 4) is 0 Å². The van der Waals surface area contributed by atoms with E-state index >= 15 is 0 Å². The summed E-state index contributed by atoms with van der Waals surface area (Å²) in [5.74, 6) is -0.802. The van der Waals surface area contributed by atoms with Crippen LogP contribution in [0.15, 0.2) is 24.3 Å². The molecule has 5 nitrogen and oxygen atoms in total. The number of amides is 1. The van der Waals surface area contributed by atoms with Crippen molar-refractivity contribution in [3.63, 3.8) is 0 Å². The number of methoxy groups -OCH3 is 1. The lowest BCUT2D eigenvalue weighted by Gasteiger charge is -2.38. The van der Waals surface area contributed by atoms with Gasteiger partial charge in [0, 0.05) is 5.69 Å². The van der Waals surface area contributed by atoms with Crippen molar-refractivity contribution in [2.45, 2.75) is 24.7 Å². The van der Waals surface area contributed by atoms with E-state index in [-0.39, 0.29) is 0 Å². The van der Waals surface area contributed by atoms with Gasteiger partial charge < -0.3 is 9.84 Å². The third-order valence-electron chi connectivity index (χ3n) is 3.46. The number of benzene rings is 1. The first-order chi connectivity index (χ1) is 8.58. The summed E-state index contributed by atoms with van der Waals surface area (Å²) in [5, 5.41) is 11.9. The number of carboxylic acid groups (broad SMARTS) is 1. The minimum Gasteiger partial charge on any atom is -0.481 e. The van der Waals surface area contributed by atoms with Gasteiger partial charge in [0.2, 0.25) is 0 Å². The molecule has 1 saturated carbocycles. The highest BCUT2D eigenvalue weighted by Gasteiger charge is 2.45. The van der Waals surface area contributed by atoms with Crippen LogP contribution in [-0.4, -0.2) is 24.3 Å². The van der Waals surface area contributed by atoms with Crippen molar-refractivity contribution in [2.24, 2.45) is 0 Å². The lowest BCUT2D eigenvalue weighted by Crippen LogP contribution is -2.42. The van der Waals surface area contributed by atoms with Crippen molar-refractivity contribution in [1.82, 2.24) is 0 Å². The van der Waals surface area contributed by atoms with Gasteiger partial charge in [-0.15, -0.1) is 0 Å². The maximum atomic E-state index is 11.4. The predicted molar refractivity (Wildman–Crippen MR) is 65.6 cm³/mol. The van der Waals surface area contributed by atoms with Gasteiger partial charge in [-0.2, -0.15) is 0 Å². The molecular weight excluding hydrogens is 234 g/mol. The first-order valence-electron chi connectivity index (χ1n) is 5.77. The van der Waals surface area contributed by atoms with Crippen LogP contribution >= 0.6 is 0 Å². The van der Waals surface area contributed by atoms with Crippen molar-refractivity contribution < 1.29 is 19.4 Å². The first kappa shape index (κ1) is 12.4. The molecule has 1 aromatic rings. The highest BCUT2D eigenvalue weighted by molar-refractivity contribution is 5.86. The average molecular weight is 249 g/mol. The van der Waals surface area contributed by atoms with Gasteiger partial charge in [0.15, 0.2) is 0 Å². The fourth-order valence-corrected chi connectivity index (χ4v) is 2.22. The SMILES string of the molecule is COC(=O)Nc1cccc(C2(C(=O)O)CCC2)c1. The van der Waals surface area contributed by atoms with Crippen LogP contribution in [-0.2, 0) is 14.9 Å². The van der Waals surface area contributed by atoms with E-state index in [1.165, 1.54) is 7.11 Å². The number of anilines is 1. The molecule has 1 amide bonds. The molecule has 0 bridgehead atoms. The third kappa shape index (κ3) is 2.03. The van der Waals surface area contributed by atoms with Gasteiger partial charge in [0.25, 0.3) is 0 Å². The fourth-order valence-electron chi connectivity index (χ4n) is 2.22. The number of hydrogen-bond acceptors (Lipinski definition) is 3. The molecule has 0 radical (unpaired) electrons. The third-order valence-corrected chi connectivity index (χ3v) is 3.46. The van der Waals surface area contributed by atoms with Gasteiger partial charge in [-0.25, -0.2) is 4.79 Å². The number of hydrogen-bond donors (Lipinski definition) is 2. The smallest absolute Gasteiger partial charge is 0.411 e. The van der Waals surface area contributed by atoms with Crippen molar-refractivity contribution in [2.75, 3.05) is 12.4 Å². The minimum absolute atomic E-state index is 0.548. The van der Waals surface area contributed by atoms with Crippen LogP contribution in [0.5, 0.6) is 0 Å². The number of ether oxygens (including phenoxy) is 1. The molecule has 18 heavy (non-hydrogen) atoms. The van der Waals surface area contributed by atoms with Crippen molar-refractivity contribution >= 4 is 17.7 Å². The van der Waals surface area contributed by atoms with Gasteiger partial charge in [0.1, 0.15) is 0 Å². The summed E-state index contributed by atoms with van der Waals surface area (Å²) in [5.41, 5.74) is 0.496. The molecule has 0 aromatic heterocycles. The molecule has 0 aliphatic heterocycles. The molecule has 2 rings (SSSR count). The van der Waals surface area contributed by atoms with Gasteiger partial charge in [-0.05, 0) is 30.5 Å². The molecule has 1 aliphatic rings. The monoisotopic (exact) mass is 249 g/mol. The van der Waals surface area contributed by atoms with E-state index < -0.39 is 17.5 Å². The Morgan fingerprint density at radius 2 is 2.11 bits per heavy atom. The summed E-state index contributed by atoms with van der Waals surface area (Å²) in [6.07, 6.45) is 1.64. The maximum absolute atomic E-state index is 11.4. The quantitative estimate of drug-likeness (QED) is 0.862. The second-order valence-corrected chi connectivity index (χ2v) is 4.44. The Hall–Kier alpha value is -2.04. The number of rotatable bonds is 3. The fraction of sp³-hybridized carbons (Fsp3) is 0.385. The molecule has 1 aliphatic carbocycles. The number of carboxylic acids is 1. The van der Waals surface area contributed by atoms with Crippen LogP contribution < -0.4 is 5.32 Å². The molecule has 96 valence electrons. The van der Waals surface area contributed by atoms with Gasteiger partial charge in [-0.1, -0.05) is 18.6 Å². The van der Waals surface area contributed by atoms with Gasteiger partial charge >= 0.3 is 12.1 Å². The summed E-state index contributed by atoms with van der Waals surface area (Å²) < 4.78 is 4.50. The Labute approximate surface area is 105 Å². The molecule has 5 heteroatoms. The van der Waals surface area contributed by atoms with E-state index in [2.05, 4.69) is 10.1 Å². The van der Waals surface area contributed by atoms with E-state index in [0.29, 0.717) is 18.5 Å². The Morgan fingerprint density at radius 1 is 1.39 bits per heavy atom.